The van der Waals surface area contributed by atoms with Crippen LogP contribution in [0.2, 0.25) is 0 Å². The van der Waals surface area contributed by atoms with E-state index in [-0.39, 0.29) is 16.4 Å². The summed E-state index contributed by atoms with van der Waals surface area (Å²) >= 11 is 6.98. The van der Waals surface area contributed by atoms with Gasteiger partial charge < -0.3 is 16.4 Å². The smallest absolute Gasteiger partial charge is 0.251 e. The Morgan fingerprint density at radius 2 is 1.69 bits per heavy atom. The van der Waals surface area contributed by atoms with E-state index in [2.05, 4.69) is 22.8 Å². The maximum Gasteiger partial charge on any atom is 0.251 e. The first kappa shape index (κ1) is 21.6. The number of carbonyl (C=O) groups excluding carboxylic acids is 2. The van der Waals surface area contributed by atoms with Crippen molar-refractivity contribution in [2.75, 3.05) is 5.32 Å². The number of amides is 2. The first-order valence-corrected chi connectivity index (χ1v) is 12.6. The molecule has 0 spiro atoms. The molecule has 5 nitrogen and oxygen atoms in total. The first-order chi connectivity index (χ1) is 15.3. The van der Waals surface area contributed by atoms with Gasteiger partial charge in [-0.15, -0.1) is 11.3 Å². The molecular formula is C25H29N3O2S2. The number of nitrogens with one attached hydrogen (secondary N) is 2. The summed E-state index contributed by atoms with van der Waals surface area (Å²) in [5.41, 5.74) is 7.91. The van der Waals surface area contributed by atoms with Crippen molar-refractivity contribution in [1.29, 1.82) is 0 Å². The Balaban J connectivity index is 1.31. The molecule has 0 unspecified atom stereocenters. The lowest BCUT2D eigenvalue weighted by molar-refractivity contribution is -0.144. The molecule has 7 heteroatoms. The van der Waals surface area contributed by atoms with Crippen molar-refractivity contribution in [3.63, 3.8) is 0 Å². The van der Waals surface area contributed by atoms with Crippen LogP contribution in [0.3, 0.4) is 0 Å². The predicted octanol–water partition coefficient (Wildman–Crippen LogP) is 4.78. The fraction of sp³-hybridized carbons (Fsp3) is 0.480. The summed E-state index contributed by atoms with van der Waals surface area (Å²) in [5.74, 6) is 1.63. The molecule has 0 aliphatic heterocycles. The van der Waals surface area contributed by atoms with Crippen LogP contribution in [0.1, 0.15) is 64.9 Å². The van der Waals surface area contributed by atoms with E-state index < -0.39 is 5.91 Å². The van der Waals surface area contributed by atoms with Gasteiger partial charge in [-0.3, -0.25) is 9.59 Å². The predicted molar refractivity (Wildman–Crippen MR) is 132 cm³/mol. The van der Waals surface area contributed by atoms with Crippen molar-refractivity contribution >= 4 is 45.5 Å². The molecule has 4 aliphatic carbocycles. The Morgan fingerprint density at radius 1 is 1.09 bits per heavy atom. The molecule has 0 atom stereocenters. The number of carbonyl (C=O) groups is 2. The molecule has 4 bridgehead atoms. The van der Waals surface area contributed by atoms with Gasteiger partial charge in [0.1, 0.15) is 5.00 Å². The molecule has 0 radical (unpaired) electrons. The van der Waals surface area contributed by atoms with Crippen LogP contribution in [0.25, 0.3) is 0 Å². The molecule has 1 aromatic heterocycles. The molecule has 4 fully saturated rings. The lowest BCUT2D eigenvalue weighted by Crippen LogP contribution is -2.55. The average molecular weight is 468 g/mol. The van der Waals surface area contributed by atoms with Gasteiger partial charge in [-0.25, -0.2) is 0 Å². The zero-order valence-electron chi connectivity index (χ0n) is 18.3. The van der Waals surface area contributed by atoms with Crippen LogP contribution >= 0.6 is 23.6 Å². The minimum atomic E-state index is -0.490. The van der Waals surface area contributed by atoms with Crippen molar-refractivity contribution in [3.8, 4) is 0 Å². The van der Waals surface area contributed by atoms with Crippen LogP contribution in [0.5, 0.6) is 0 Å². The zero-order valence-corrected chi connectivity index (χ0v) is 19.9. The molecule has 4 aliphatic rings. The Bertz CT molecular complexity index is 1040. The molecule has 168 valence electrons. The van der Waals surface area contributed by atoms with Crippen LogP contribution in [-0.4, -0.2) is 16.9 Å². The van der Waals surface area contributed by atoms with Crippen molar-refractivity contribution < 1.29 is 9.59 Å². The monoisotopic (exact) mass is 467 g/mol. The number of benzene rings is 1. The Kier molecular flexibility index (Phi) is 5.58. The van der Waals surface area contributed by atoms with Gasteiger partial charge >= 0.3 is 0 Å². The third kappa shape index (κ3) is 3.97. The molecule has 4 saturated carbocycles. The van der Waals surface area contributed by atoms with E-state index in [4.69, 9.17) is 18.0 Å². The number of nitrogens with two attached hydrogens (primary N) is 1. The highest BCUT2D eigenvalue weighted by Gasteiger charge is 2.54. The first-order valence-electron chi connectivity index (χ1n) is 11.4. The zero-order chi connectivity index (χ0) is 22.5. The highest BCUT2D eigenvalue weighted by molar-refractivity contribution is 7.80. The average Bonchev–Trinajstić information content (AvgIpc) is 3.02. The number of rotatable bonds is 5. The largest absolute Gasteiger partial charge is 0.365 e. The lowest BCUT2D eigenvalue weighted by atomic mass is 9.49. The van der Waals surface area contributed by atoms with Crippen LogP contribution in [-0.2, 0) is 11.2 Å². The third-order valence-electron chi connectivity index (χ3n) is 7.67. The number of thiophene rings is 1. The lowest BCUT2D eigenvalue weighted by Gasteiger charge is -2.55. The van der Waals surface area contributed by atoms with Gasteiger partial charge in [0.2, 0.25) is 5.91 Å². The second-order valence-corrected chi connectivity index (χ2v) is 11.5. The van der Waals surface area contributed by atoms with E-state index in [0.29, 0.717) is 34.7 Å². The van der Waals surface area contributed by atoms with Crippen molar-refractivity contribution in [2.45, 2.75) is 51.9 Å². The van der Waals surface area contributed by atoms with Gasteiger partial charge in [-0.1, -0.05) is 30.3 Å². The molecule has 1 heterocycles. The quantitative estimate of drug-likeness (QED) is 0.553. The highest BCUT2D eigenvalue weighted by atomic mass is 32.1. The SMILES string of the molecule is Cc1c(Cc2ccccc2)sc(NC(=S)NC(=O)C23CC4CC(CC(C4)C2)C3)c1C(N)=O. The van der Waals surface area contributed by atoms with E-state index in [0.717, 1.165) is 35.3 Å². The molecule has 0 saturated heterocycles. The van der Waals surface area contributed by atoms with Gasteiger partial charge in [0.15, 0.2) is 5.11 Å². The fourth-order valence-electron chi connectivity index (χ4n) is 6.65. The normalized spacial score (nSPS) is 27.8. The van der Waals surface area contributed by atoms with Crippen LogP contribution in [0.15, 0.2) is 30.3 Å². The Hall–Kier alpha value is -2.25. The third-order valence-corrected chi connectivity index (χ3v) is 9.08. The topological polar surface area (TPSA) is 84.2 Å². The second-order valence-electron chi connectivity index (χ2n) is 9.99. The Labute approximate surface area is 198 Å². The Morgan fingerprint density at radius 3 is 2.25 bits per heavy atom. The van der Waals surface area contributed by atoms with E-state index in [9.17, 15) is 9.59 Å². The molecule has 1 aromatic carbocycles. The molecule has 32 heavy (non-hydrogen) atoms. The molecular weight excluding hydrogens is 438 g/mol. The standard InChI is InChI=1S/C25H29N3O2S2/c1-14-19(10-15-5-3-2-4-6-15)32-22(20(14)21(26)29)27-24(31)28-23(30)25-11-16-7-17(12-25)9-18(8-16)13-25/h2-6,16-18H,7-13H2,1H3,(H2,26,29)(H2,27,28,30,31). The van der Waals surface area contributed by atoms with Crippen LogP contribution in [0.4, 0.5) is 5.00 Å². The summed E-state index contributed by atoms with van der Waals surface area (Å²) in [6, 6.07) is 10.1. The maximum absolute atomic E-state index is 13.3. The highest BCUT2D eigenvalue weighted by Crippen LogP contribution is 2.60. The fourth-order valence-corrected chi connectivity index (χ4v) is 8.16. The number of primary amides is 1. The van der Waals surface area contributed by atoms with Gasteiger partial charge in [-0.2, -0.15) is 0 Å². The number of hydrogen-bond donors (Lipinski definition) is 3. The molecule has 2 aromatic rings. The maximum atomic E-state index is 13.3. The summed E-state index contributed by atoms with van der Waals surface area (Å²) in [6.45, 7) is 1.91. The summed E-state index contributed by atoms with van der Waals surface area (Å²) in [5, 5.41) is 6.94. The summed E-state index contributed by atoms with van der Waals surface area (Å²) in [7, 11) is 0. The number of anilines is 1. The number of hydrogen-bond acceptors (Lipinski definition) is 4. The number of thiocarbonyl (C=S) groups is 1. The minimum absolute atomic E-state index is 0.0486. The second kappa shape index (κ2) is 8.27. The van der Waals surface area contributed by atoms with Gasteiger partial charge in [0.25, 0.3) is 5.91 Å². The van der Waals surface area contributed by atoms with Gasteiger partial charge in [0, 0.05) is 11.3 Å². The van der Waals surface area contributed by atoms with Crippen molar-refractivity contribution in [3.05, 3.63) is 51.9 Å². The summed E-state index contributed by atoms with van der Waals surface area (Å²) in [6.07, 6.45) is 7.53. The van der Waals surface area contributed by atoms with Crippen molar-refractivity contribution in [2.24, 2.45) is 28.9 Å². The summed E-state index contributed by atoms with van der Waals surface area (Å²) in [4.78, 5) is 26.6. The minimum Gasteiger partial charge on any atom is -0.365 e. The van der Waals surface area contributed by atoms with E-state index >= 15 is 0 Å². The molecule has 6 rings (SSSR count). The van der Waals surface area contributed by atoms with Crippen LogP contribution in [0, 0.1) is 30.1 Å². The van der Waals surface area contributed by atoms with E-state index in [1.165, 1.54) is 30.6 Å². The van der Waals surface area contributed by atoms with Crippen LogP contribution < -0.4 is 16.4 Å². The molecule has 4 N–H and O–H groups in total. The summed E-state index contributed by atoms with van der Waals surface area (Å²) < 4.78 is 0. The van der Waals surface area contributed by atoms with Crippen molar-refractivity contribution in [1.82, 2.24) is 5.32 Å². The van der Waals surface area contributed by atoms with Gasteiger partial charge in [0.05, 0.1) is 11.0 Å². The van der Waals surface area contributed by atoms with E-state index in [1.54, 1.807) is 0 Å². The van der Waals surface area contributed by atoms with Gasteiger partial charge in [-0.05, 0) is 86.5 Å². The molecule has 2 amide bonds. The van der Waals surface area contributed by atoms with E-state index in [1.807, 2.05) is 25.1 Å².